The van der Waals surface area contributed by atoms with Crippen LogP contribution in [0.5, 0.6) is 5.75 Å². The summed E-state index contributed by atoms with van der Waals surface area (Å²) in [6.45, 7) is 4.38. The van der Waals surface area contributed by atoms with Crippen molar-refractivity contribution < 1.29 is 14.3 Å². The van der Waals surface area contributed by atoms with E-state index in [-0.39, 0.29) is 18.1 Å². The van der Waals surface area contributed by atoms with Crippen LogP contribution in [0, 0.1) is 6.92 Å². The summed E-state index contributed by atoms with van der Waals surface area (Å²) in [5.74, 6) is 0.384. The summed E-state index contributed by atoms with van der Waals surface area (Å²) in [4.78, 5) is 18.9. The van der Waals surface area contributed by atoms with Crippen molar-refractivity contribution in [3.05, 3.63) is 83.1 Å². The van der Waals surface area contributed by atoms with E-state index in [2.05, 4.69) is 18.0 Å². The average Bonchev–Trinajstić information content (AvgIpc) is 3.23. The van der Waals surface area contributed by atoms with Gasteiger partial charge in [-0.25, -0.2) is 4.98 Å². The summed E-state index contributed by atoms with van der Waals surface area (Å²) in [6, 6.07) is 11.0. The second-order valence-corrected chi connectivity index (χ2v) is 7.59. The number of aryl methyl sites for hydroxylation is 1. The van der Waals surface area contributed by atoms with E-state index in [0.29, 0.717) is 34.2 Å². The van der Waals surface area contributed by atoms with Crippen molar-refractivity contribution in [1.29, 1.82) is 0 Å². The maximum atomic E-state index is 13.3. The Morgan fingerprint density at radius 1 is 1.27 bits per heavy atom. The third-order valence-electron chi connectivity index (χ3n) is 5.16. The first kappa shape index (κ1) is 20.0. The molecule has 1 aliphatic rings. The van der Waals surface area contributed by atoms with Gasteiger partial charge in [0.1, 0.15) is 5.75 Å². The zero-order valence-electron chi connectivity index (χ0n) is 16.7. The zero-order chi connectivity index (χ0) is 21.3. The molecule has 0 atom stereocenters. The predicted molar refractivity (Wildman–Crippen MR) is 119 cm³/mol. The van der Waals surface area contributed by atoms with Gasteiger partial charge in [-0.2, -0.15) is 0 Å². The van der Waals surface area contributed by atoms with Gasteiger partial charge in [0, 0.05) is 17.2 Å². The summed E-state index contributed by atoms with van der Waals surface area (Å²) < 4.78 is 5.41. The number of hydrogen-bond acceptors (Lipinski definition) is 4. The first-order valence-electron chi connectivity index (χ1n) is 9.61. The highest BCUT2D eigenvalue weighted by Gasteiger charge is 2.29. The molecule has 5 nitrogen and oxygen atoms in total. The highest BCUT2D eigenvalue weighted by Crippen LogP contribution is 2.42. The minimum Gasteiger partial charge on any atom is -0.508 e. The zero-order valence-corrected chi connectivity index (χ0v) is 17.5. The maximum absolute atomic E-state index is 13.3. The van der Waals surface area contributed by atoms with Crippen molar-refractivity contribution in [3.8, 4) is 5.75 Å². The van der Waals surface area contributed by atoms with Crippen molar-refractivity contribution >= 4 is 39.9 Å². The van der Waals surface area contributed by atoms with Gasteiger partial charge in [0.25, 0.3) is 0 Å². The smallest absolute Gasteiger partial charge is 0.231 e. The van der Waals surface area contributed by atoms with Crippen molar-refractivity contribution in [3.63, 3.8) is 0 Å². The lowest BCUT2D eigenvalue weighted by molar-refractivity contribution is -0.117. The number of nitrogens with zero attached hydrogens (tertiary/aromatic N) is 2. The van der Waals surface area contributed by atoms with Gasteiger partial charge in [-0.3, -0.25) is 4.79 Å². The van der Waals surface area contributed by atoms with E-state index in [1.807, 2.05) is 31.2 Å². The molecule has 6 heteroatoms. The molecule has 4 rings (SSSR count). The van der Waals surface area contributed by atoms with Crippen LogP contribution in [0.1, 0.15) is 41.4 Å². The number of phenolic OH excluding ortho intramolecular Hbond substituents is 1. The summed E-state index contributed by atoms with van der Waals surface area (Å²) in [6.07, 6.45) is 6.96. The first-order valence-corrected chi connectivity index (χ1v) is 9.99. The number of benzene rings is 2. The van der Waals surface area contributed by atoms with Crippen molar-refractivity contribution in [2.45, 2.75) is 26.8 Å². The van der Waals surface area contributed by atoms with Gasteiger partial charge in [-0.15, -0.1) is 0 Å². The molecule has 1 aromatic heterocycles. The number of carbonyl (C=O) groups excluding carboxylic acids is 1. The van der Waals surface area contributed by atoms with Crippen LogP contribution < -0.4 is 4.90 Å². The molecule has 1 N–H and O–H groups in total. The molecule has 0 radical (unpaired) electrons. The van der Waals surface area contributed by atoms with E-state index < -0.39 is 0 Å². The van der Waals surface area contributed by atoms with Crippen molar-refractivity contribution in [1.82, 2.24) is 4.98 Å². The number of allylic oxidation sites excluding steroid dienone is 1. The van der Waals surface area contributed by atoms with Crippen LogP contribution in [0.25, 0.3) is 16.7 Å². The minimum absolute atomic E-state index is 0.0665. The molecule has 0 fully saturated rings. The fourth-order valence-corrected chi connectivity index (χ4v) is 3.93. The first-order chi connectivity index (χ1) is 14.5. The van der Waals surface area contributed by atoms with Gasteiger partial charge >= 0.3 is 0 Å². The molecule has 0 spiro atoms. The third kappa shape index (κ3) is 3.76. The lowest BCUT2D eigenvalue weighted by Gasteiger charge is -2.24. The quantitative estimate of drug-likeness (QED) is 0.582. The number of oxazole rings is 1. The maximum Gasteiger partial charge on any atom is 0.231 e. The molecule has 1 amide bonds. The van der Waals surface area contributed by atoms with E-state index >= 15 is 0 Å². The molecule has 0 aliphatic carbocycles. The fourth-order valence-electron chi connectivity index (χ4n) is 3.61. The number of anilines is 1. The largest absolute Gasteiger partial charge is 0.508 e. The van der Waals surface area contributed by atoms with Crippen LogP contribution in [-0.2, 0) is 11.3 Å². The molecule has 30 heavy (non-hydrogen) atoms. The van der Waals surface area contributed by atoms with E-state index in [0.717, 1.165) is 16.7 Å². The number of rotatable bonds is 4. The normalized spacial score (nSPS) is 14.4. The summed E-state index contributed by atoms with van der Waals surface area (Å²) in [5.41, 5.74) is 5.05. The molecular formula is C24H21ClN2O3. The number of hydrogen-bond donors (Lipinski definition) is 1. The molecule has 0 bridgehead atoms. The average molecular weight is 421 g/mol. The van der Waals surface area contributed by atoms with E-state index in [4.69, 9.17) is 16.0 Å². The topological polar surface area (TPSA) is 66.6 Å². The fraction of sp³-hybridized carbons (Fsp3) is 0.167. The highest BCUT2D eigenvalue weighted by molar-refractivity contribution is 6.53. The van der Waals surface area contributed by atoms with E-state index in [9.17, 15) is 9.90 Å². The second-order valence-electron chi connectivity index (χ2n) is 7.21. The van der Waals surface area contributed by atoms with Crippen LogP contribution in [0.4, 0.5) is 5.69 Å². The monoisotopic (exact) mass is 420 g/mol. The molecule has 2 aromatic carbocycles. The lowest BCUT2D eigenvalue weighted by atomic mass is 10.0. The van der Waals surface area contributed by atoms with Gasteiger partial charge in [0.05, 0.1) is 29.9 Å². The minimum atomic E-state index is -0.142. The number of aromatic hydroxyl groups is 1. The number of phenols is 1. The highest BCUT2D eigenvalue weighted by atomic mass is 35.5. The number of carbonyl (C=O) groups is 1. The Balaban J connectivity index is 1.80. The molecule has 2 heterocycles. The molecule has 1 aliphatic heterocycles. The van der Waals surface area contributed by atoms with Gasteiger partial charge < -0.3 is 14.4 Å². The van der Waals surface area contributed by atoms with Gasteiger partial charge in [0.15, 0.2) is 12.2 Å². The Kier molecular flexibility index (Phi) is 5.46. The molecule has 3 aromatic rings. The Morgan fingerprint density at radius 2 is 2.10 bits per heavy atom. The van der Waals surface area contributed by atoms with Crippen LogP contribution in [-0.4, -0.2) is 16.0 Å². The SMILES string of the molecule is C/C=C/c1cc(CN2C(=O)CC(c3cnco3)=C(Cl)c3ccc(O)cc32)ccc1C. The third-order valence-corrected chi connectivity index (χ3v) is 5.59. The summed E-state index contributed by atoms with van der Waals surface area (Å²) in [5, 5.41) is 10.5. The number of fused-ring (bicyclic) bond motifs is 1. The van der Waals surface area contributed by atoms with Crippen LogP contribution in [0.2, 0.25) is 0 Å². The second kappa shape index (κ2) is 8.20. The molecule has 0 unspecified atom stereocenters. The predicted octanol–water partition coefficient (Wildman–Crippen LogP) is 5.77. The van der Waals surface area contributed by atoms with Crippen LogP contribution in [0.3, 0.4) is 0 Å². The van der Waals surface area contributed by atoms with E-state index in [1.54, 1.807) is 29.3 Å². The number of amides is 1. The van der Waals surface area contributed by atoms with Crippen molar-refractivity contribution in [2.24, 2.45) is 0 Å². The standard InChI is InChI=1S/C24H21ClN2O3/c1-3-4-17-9-16(6-5-15(17)2)13-27-21-10-18(28)7-8-19(21)24(25)20(11-23(27)29)22-12-26-14-30-22/h3-10,12,14,28H,11,13H2,1-2H3/b4-3+. The van der Waals surface area contributed by atoms with Gasteiger partial charge in [-0.05, 0) is 48.7 Å². The van der Waals surface area contributed by atoms with Crippen LogP contribution in [0.15, 0.2) is 59.5 Å². The molecular weight excluding hydrogens is 400 g/mol. The Morgan fingerprint density at radius 3 is 2.83 bits per heavy atom. The molecule has 0 saturated heterocycles. The number of halogens is 1. The summed E-state index contributed by atoms with van der Waals surface area (Å²) in [7, 11) is 0. The Bertz CT molecular complexity index is 1160. The van der Waals surface area contributed by atoms with Crippen LogP contribution >= 0.6 is 11.6 Å². The molecule has 0 saturated carbocycles. The molecule has 152 valence electrons. The number of aromatic nitrogens is 1. The van der Waals surface area contributed by atoms with Crippen molar-refractivity contribution in [2.75, 3.05) is 4.90 Å². The Hall–Kier alpha value is -3.31. The van der Waals surface area contributed by atoms with Gasteiger partial charge in [0.2, 0.25) is 5.91 Å². The van der Waals surface area contributed by atoms with E-state index in [1.165, 1.54) is 6.39 Å². The Labute approximate surface area is 179 Å². The van der Waals surface area contributed by atoms with Gasteiger partial charge in [-0.1, -0.05) is 35.9 Å². The lowest BCUT2D eigenvalue weighted by Crippen LogP contribution is -2.30. The summed E-state index contributed by atoms with van der Waals surface area (Å²) >= 11 is 6.70.